The maximum atomic E-state index is 6.61. The second-order valence-electron chi connectivity index (χ2n) is 7.44. The lowest BCUT2D eigenvalue weighted by atomic mass is 9.79. The lowest BCUT2D eigenvalue weighted by Crippen LogP contribution is -2.31. The van der Waals surface area contributed by atoms with Crippen molar-refractivity contribution in [3.05, 3.63) is 29.3 Å². The number of fused-ring (bicyclic) bond motifs is 1. The van der Waals surface area contributed by atoms with Crippen molar-refractivity contribution in [1.29, 1.82) is 0 Å². The summed E-state index contributed by atoms with van der Waals surface area (Å²) in [5.41, 5.74) is 9.16. The van der Waals surface area contributed by atoms with E-state index in [-0.39, 0.29) is 23.7 Å². The van der Waals surface area contributed by atoms with Crippen LogP contribution in [0.25, 0.3) is 0 Å². The van der Waals surface area contributed by atoms with Crippen LogP contribution in [-0.2, 0) is 10.2 Å². The van der Waals surface area contributed by atoms with Crippen molar-refractivity contribution in [2.45, 2.75) is 58.3 Å². The summed E-state index contributed by atoms with van der Waals surface area (Å²) in [4.78, 5) is 0. The SMILES string of the molecule is CC1OC(C)C(C(N)c2ccc3c(c2)C(C)(C)CO3)C1C. The van der Waals surface area contributed by atoms with Crippen molar-refractivity contribution in [1.82, 2.24) is 0 Å². The third-order valence-corrected chi connectivity index (χ3v) is 5.44. The molecule has 3 heteroatoms. The summed E-state index contributed by atoms with van der Waals surface area (Å²) in [6.07, 6.45) is 0.493. The molecule has 5 unspecified atom stereocenters. The summed E-state index contributed by atoms with van der Waals surface area (Å²) < 4.78 is 11.7. The van der Waals surface area contributed by atoms with Crippen molar-refractivity contribution in [2.24, 2.45) is 17.6 Å². The van der Waals surface area contributed by atoms with E-state index in [1.807, 2.05) is 0 Å². The molecule has 2 heterocycles. The van der Waals surface area contributed by atoms with E-state index in [9.17, 15) is 0 Å². The molecule has 1 fully saturated rings. The summed E-state index contributed by atoms with van der Waals surface area (Å²) in [7, 11) is 0. The Morgan fingerprint density at radius 3 is 2.52 bits per heavy atom. The third-order valence-electron chi connectivity index (χ3n) is 5.44. The van der Waals surface area contributed by atoms with Gasteiger partial charge in [0, 0.05) is 22.9 Å². The molecule has 0 bridgehead atoms. The van der Waals surface area contributed by atoms with Crippen molar-refractivity contribution in [3.63, 3.8) is 0 Å². The van der Waals surface area contributed by atoms with Gasteiger partial charge in [-0.3, -0.25) is 0 Å². The fourth-order valence-corrected chi connectivity index (χ4v) is 3.88. The molecule has 0 aromatic heterocycles. The largest absolute Gasteiger partial charge is 0.492 e. The Kier molecular flexibility index (Phi) is 3.53. The fraction of sp³-hybridized carbons (Fsp3) is 0.667. The molecule has 2 N–H and O–H groups in total. The lowest BCUT2D eigenvalue weighted by Gasteiger charge is -2.27. The van der Waals surface area contributed by atoms with Gasteiger partial charge in [-0.15, -0.1) is 0 Å². The van der Waals surface area contributed by atoms with Crippen LogP contribution in [0.2, 0.25) is 0 Å². The standard InChI is InChI=1S/C18H27NO2/c1-10-11(2)21-12(3)16(10)17(19)13-6-7-15-14(8-13)18(4,5)9-20-15/h6-8,10-12,16-17H,9,19H2,1-5H3. The van der Waals surface area contributed by atoms with E-state index < -0.39 is 0 Å². The van der Waals surface area contributed by atoms with Gasteiger partial charge in [-0.1, -0.05) is 26.8 Å². The Balaban J connectivity index is 1.91. The number of ether oxygens (including phenoxy) is 2. The predicted octanol–water partition coefficient (Wildman–Crippen LogP) is 3.42. The smallest absolute Gasteiger partial charge is 0.123 e. The van der Waals surface area contributed by atoms with E-state index in [2.05, 4.69) is 52.8 Å². The van der Waals surface area contributed by atoms with Crippen molar-refractivity contribution in [3.8, 4) is 5.75 Å². The first-order chi connectivity index (χ1) is 9.81. The Bertz CT molecular complexity index is 540. The van der Waals surface area contributed by atoms with Crippen LogP contribution in [0.3, 0.4) is 0 Å². The quantitative estimate of drug-likeness (QED) is 0.907. The van der Waals surface area contributed by atoms with E-state index in [0.29, 0.717) is 11.8 Å². The zero-order chi connectivity index (χ0) is 15.4. The van der Waals surface area contributed by atoms with Crippen LogP contribution in [-0.4, -0.2) is 18.8 Å². The van der Waals surface area contributed by atoms with E-state index in [1.165, 1.54) is 11.1 Å². The molecule has 0 radical (unpaired) electrons. The van der Waals surface area contributed by atoms with Crippen LogP contribution >= 0.6 is 0 Å². The number of nitrogens with two attached hydrogens (primary N) is 1. The zero-order valence-corrected chi connectivity index (χ0v) is 13.7. The maximum Gasteiger partial charge on any atom is 0.123 e. The number of benzene rings is 1. The highest BCUT2D eigenvalue weighted by atomic mass is 16.5. The molecule has 3 nitrogen and oxygen atoms in total. The van der Waals surface area contributed by atoms with Gasteiger partial charge >= 0.3 is 0 Å². The van der Waals surface area contributed by atoms with Gasteiger partial charge in [0.1, 0.15) is 5.75 Å². The Morgan fingerprint density at radius 1 is 1.19 bits per heavy atom. The van der Waals surface area contributed by atoms with Crippen molar-refractivity contribution < 1.29 is 9.47 Å². The summed E-state index contributed by atoms with van der Waals surface area (Å²) >= 11 is 0. The molecule has 5 atom stereocenters. The first-order valence-corrected chi connectivity index (χ1v) is 7.99. The topological polar surface area (TPSA) is 44.5 Å². The molecule has 1 aromatic carbocycles. The van der Waals surface area contributed by atoms with Gasteiger partial charge in [0.05, 0.1) is 18.8 Å². The second kappa shape index (κ2) is 4.99. The molecular formula is C18H27NO2. The van der Waals surface area contributed by atoms with Crippen LogP contribution in [0.4, 0.5) is 0 Å². The average molecular weight is 289 g/mol. The van der Waals surface area contributed by atoms with E-state index in [1.54, 1.807) is 0 Å². The second-order valence-corrected chi connectivity index (χ2v) is 7.44. The molecule has 116 valence electrons. The predicted molar refractivity (Wildman–Crippen MR) is 84.6 cm³/mol. The number of rotatable bonds is 2. The summed E-state index contributed by atoms with van der Waals surface area (Å²) in [5.74, 6) is 1.85. The number of hydrogen-bond acceptors (Lipinski definition) is 3. The molecular weight excluding hydrogens is 262 g/mol. The Morgan fingerprint density at radius 2 is 1.90 bits per heavy atom. The van der Waals surface area contributed by atoms with E-state index in [4.69, 9.17) is 15.2 Å². The van der Waals surface area contributed by atoms with Gasteiger partial charge in [-0.25, -0.2) is 0 Å². The van der Waals surface area contributed by atoms with Crippen LogP contribution in [0.15, 0.2) is 18.2 Å². The normalized spacial score (nSPS) is 35.3. The zero-order valence-electron chi connectivity index (χ0n) is 13.7. The van der Waals surface area contributed by atoms with Gasteiger partial charge in [0.25, 0.3) is 0 Å². The fourth-order valence-electron chi connectivity index (χ4n) is 3.88. The van der Waals surface area contributed by atoms with E-state index >= 15 is 0 Å². The van der Waals surface area contributed by atoms with Crippen molar-refractivity contribution in [2.75, 3.05) is 6.61 Å². The molecule has 0 aliphatic carbocycles. The Hall–Kier alpha value is -1.06. The van der Waals surface area contributed by atoms with Crippen LogP contribution in [0.1, 0.15) is 51.8 Å². The molecule has 3 rings (SSSR count). The maximum absolute atomic E-state index is 6.61. The van der Waals surface area contributed by atoms with Gasteiger partial charge in [-0.05, 0) is 37.5 Å². The summed E-state index contributed by atoms with van der Waals surface area (Å²) in [5, 5.41) is 0. The summed E-state index contributed by atoms with van der Waals surface area (Å²) in [6.45, 7) is 11.7. The molecule has 2 aliphatic rings. The highest BCUT2D eigenvalue weighted by molar-refractivity contribution is 5.46. The molecule has 0 spiro atoms. The van der Waals surface area contributed by atoms with Crippen molar-refractivity contribution >= 4 is 0 Å². The van der Waals surface area contributed by atoms with Crippen LogP contribution in [0.5, 0.6) is 5.75 Å². The average Bonchev–Trinajstić information content (AvgIpc) is 2.86. The third kappa shape index (κ3) is 2.36. The van der Waals surface area contributed by atoms with Gasteiger partial charge in [-0.2, -0.15) is 0 Å². The minimum Gasteiger partial charge on any atom is -0.492 e. The molecule has 21 heavy (non-hydrogen) atoms. The van der Waals surface area contributed by atoms with Gasteiger partial charge < -0.3 is 15.2 Å². The highest BCUT2D eigenvalue weighted by Crippen LogP contribution is 2.43. The lowest BCUT2D eigenvalue weighted by molar-refractivity contribution is 0.0489. The minimum absolute atomic E-state index is 0.0154. The minimum atomic E-state index is 0.0154. The molecule has 1 aromatic rings. The van der Waals surface area contributed by atoms with Crippen LogP contribution in [0, 0.1) is 11.8 Å². The van der Waals surface area contributed by atoms with Gasteiger partial charge in [0.15, 0.2) is 0 Å². The number of hydrogen-bond donors (Lipinski definition) is 1. The molecule has 0 saturated carbocycles. The molecule has 2 aliphatic heterocycles. The molecule has 1 saturated heterocycles. The first kappa shape index (κ1) is 14.9. The first-order valence-electron chi connectivity index (χ1n) is 7.99. The summed E-state index contributed by atoms with van der Waals surface area (Å²) in [6, 6.07) is 6.46. The Labute approximate surface area is 127 Å². The molecule has 0 amide bonds. The van der Waals surface area contributed by atoms with Crippen LogP contribution < -0.4 is 10.5 Å². The highest BCUT2D eigenvalue weighted by Gasteiger charge is 2.41. The monoisotopic (exact) mass is 289 g/mol. The van der Waals surface area contributed by atoms with Gasteiger partial charge in [0.2, 0.25) is 0 Å². The van der Waals surface area contributed by atoms with E-state index in [0.717, 1.165) is 12.4 Å².